The van der Waals surface area contributed by atoms with E-state index in [1.807, 2.05) is 30.7 Å². The Balaban J connectivity index is 2.97. The number of carbonyl (C=O) groups excluding carboxylic acids is 1. The summed E-state index contributed by atoms with van der Waals surface area (Å²) in [4.78, 5) is 11.8. The van der Waals surface area contributed by atoms with Crippen molar-refractivity contribution >= 4 is 21.8 Å². The van der Waals surface area contributed by atoms with Crippen LogP contribution in [0.5, 0.6) is 0 Å². The van der Waals surface area contributed by atoms with E-state index in [1.54, 1.807) is 0 Å². The van der Waals surface area contributed by atoms with E-state index in [0.717, 1.165) is 4.47 Å². The lowest BCUT2D eigenvalue weighted by Gasteiger charge is -2.14. The minimum absolute atomic E-state index is 0.0237. The van der Waals surface area contributed by atoms with Gasteiger partial charge in [-0.25, -0.2) is 0 Å². The monoisotopic (exact) mass is 272 g/mol. The number of carbonyl (C=O) groups is 1. The fraction of sp³-hybridized carbons (Fsp3) is 0.545. The van der Waals surface area contributed by atoms with Crippen LogP contribution in [0.3, 0.4) is 0 Å². The van der Waals surface area contributed by atoms with Crippen molar-refractivity contribution in [2.75, 3.05) is 0 Å². The van der Waals surface area contributed by atoms with Crippen molar-refractivity contribution in [1.29, 1.82) is 0 Å². The normalized spacial score (nSPS) is 11.1. The van der Waals surface area contributed by atoms with Crippen molar-refractivity contribution in [3.63, 3.8) is 0 Å². The van der Waals surface area contributed by atoms with Gasteiger partial charge in [0.1, 0.15) is 5.69 Å². The first-order valence-corrected chi connectivity index (χ1v) is 5.89. The van der Waals surface area contributed by atoms with E-state index in [9.17, 15) is 4.79 Å². The van der Waals surface area contributed by atoms with E-state index in [4.69, 9.17) is 0 Å². The molecule has 0 saturated heterocycles. The molecule has 3 nitrogen and oxygen atoms in total. The Hall–Kier alpha value is -0.770. The number of rotatable bonds is 3. The van der Waals surface area contributed by atoms with Crippen molar-refractivity contribution in [3.8, 4) is 0 Å². The fourth-order valence-electron chi connectivity index (χ4n) is 1.39. The predicted molar refractivity (Wildman–Crippen MR) is 65.1 cm³/mol. The van der Waals surface area contributed by atoms with Gasteiger partial charge in [-0.2, -0.15) is 0 Å². The maximum atomic E-state index is 11.8. The standard InChI is InChI=1S/C11H17BrN2O/c1-7(2)13-11(15)10-5-9(12)6-14(10)8(3)4/h5-8H,1-4H3,(H,13,15). The summed E-state index contributed by atoms with van der Waals surface area (Å²) in [6, 6.07) is 2.29. The van der Waals surface area contributed by atoms with Crippen molar-refractivity contribution < 1.29 is 4.79 Å². The second-order valence-electron chi connectivity index (χ2n) is 4.17. The van der Waals surface area contributed by atoms with Gasteiger partial charge in [0.25, 0.3) is 5.91 Å². The molecule has 1 aromatic heterocycles. The molecule has 4 heteroatoms. The summed E-state index contributed by atoms with van der Waals surface area (Å²) >= 11 is 3.38. The molecule has 1 aromatic rings. The van der Waals surface area contributed by atoms with E-state index in [-0.39, 0.29) is 18.0 Å². The van der Waals surface area contributed by atoms with Crippen molar-refractivity contribution in [2.45, 2.75) is 39.8 Å². The van der Waals surface area contributed by atoms with Crippen molar-refractivity contribution in [2.24, 2.45) is 0 Å². The quantitative estimate of drug-likeness (QED) is 0.902. The summed E-state index contributed by atoms with van der Waals surface area (Å²) in [6.45, 7) is 8.02. The third-order valence-corrected chi connectivity index (χ3v) is 2.46. The second kappa shape index (κ2) is 4.84. The molecule has 1 N–H and O–H groups in total. The fourth-order valence-corrected chi connectivity index (χ4v) is 1.83. The summed E-state index contributed by atoms with van der Waals surface area (Å²) in [5.74, 6) is -0.0237. The average Bonchev–Trinajstić information content (AvgIpc) is 2.46. The largest absolute Gasteiger partial charge is 0.349 e. The molecule has 1 rings (SSSR count). The van der Waals surface area contributed by atoms with Gasteiger partial charge >= 0.3 is 0 Å². The third kappa shape index (κ3) is 3.09. The zero-order valence-corrected chi connectivity index (χ0v) is 11.1. The number of nitrogens with one attached hydrogen (secondary N) is 1. The van der Waals surface area contributed by atoms with Crippen LogP contribution in [-0.4, -0.2) is 16.5 Å². The van der Waals surface area contributed by atoms with E-state index in [1.165, 1.54) is 0 Å². The van der Waals surface area contributed by atoms with E-state index in [2.05, 4.69) is 35.1 Å². The maximum absolute atomic E-state index is 11.8. The molecule has 0 fully saturated rings. The average molecular weight is 273 g/mol. The Kier molecular flexibility index (Phi) is 3.97. The summed E-state index contributed by atoms with van der Waals surface area (Å²) in [5.41, 5.74) is 0.700. The lowest BCUT2D eigenvalue weighted by molar-refractivity contribution is 0.0932. The topological polar surface area (TPSA) is 34.0 Å². The molecule has 84 valence electrons. The zero-order valence-electron chi connectivity index (χ0n) is 9.54. The number of hydrogen-bond acceptors (Lipinski definition) is 1. The Labute approximate surface area is 99.0 Å². The molecule has 0 aliphatic rings. The molecule has 0 spiro atoms. The Bertz CT molecular complexity index is 355. The first kappa shape index (κ1) is 12.3. The number of halogens is 1. The van der Waals surface area contributed by atoms with Crippen LogP contribution in [0.1, 0.15) is 44.2 Å². The molecule has 0 aliphatic carbocycles. The first-order valence-electron chi connectivity index (χ1n) is 5.10. The highest BCUT2D eigenvalue weighted by Gasteiger charge is 2.15. The minimum atomic E-state index is -0.0237. The van der Waals surface area contributed by atoms with Gasteiger partial charge in [0.05, 0.1) is 0 Å². The van der Waals surface area contributed by atoms with E-state index in [0.29, 0.717) is 5.69 Å². The lowest BCUT2D eigenvalue weighted by atomic mass is 10.3. The molecule has 0 aromatic carbocycles. The molecule has 0 saturated carbocycles. The van der Waals surface area contributed by atoms with Crippen molar-refractivity contribution in [3.05, 3.63) is 22.4 Å². The van der Waals surface area contributed by atoms with Crippen LogP contribution in [0.4, 0.5) is 0 Å². The van der Waals surface area contributed by atoms with Gasteiger partial charge in [-0.1, -0.05) is 0 Å². The van der Waals surface area contributed by atoms with Crippen LogP contribution >= 0.6 is 15.9 Å². The van der Waals surface area contributed by atoms with E-state index >= 15 is 0 Å². The number of aromatic nitrogens is 1. The number of nitrogens with zero attached hydrogens (tertiary/aromatic N) is 1. The van der Waals surface area contributed by atoms with Gasteiger partial charge in [0, 0.05) is 22.8 Å². The highest BCUT2D eigenvalue weighted by Crippen LogP contribution is 2.19. The Morgan fingerprint density at radius 3 is 2.47 bits per heavy atom. The molecule has 1 amide bonds. The highest BCUT2D eigenvalue weighted by atomic mass is 79.9. The van der Waals surface area contributed by atoms with Gasteiger partial charge in [-0.15, -0.1) is 0 Å². The summed E-state index contributed by atoms with van der Waals surface area (Å²) in [5, 5.41) is 2.89. The molecule has 0 bridgehead atoms. The molecule has 0 atom stereocenters. The predicted octanol–water partition coefficient (Wildman–Crippen LogP) is 2.97. The highest BCUT2D eigenvalue weighted by molar-refractivity contribution is 9.10. The summed E-state index contributed by atoms with van der Waals surface area (Å²) in [7, 11) is 0. The second-order valence-corrected chi connectivity index (χ2v) is 5.09. The summed E-state index contributed by atoms with van der Waals surface area (Å²) in [6.07, 6.45) is 1.93. The van der Waals surface area contributed by atoms with Gasteiger partial charge in [0.15, 0.2) is 0 Å². The minimum Gasteiger partial charge on any atom is -0.349 e. The molecular formula is C11H17BrN2O. The Morgan fingerprint density at radius 2 is 2.00 bits per heavy atom. The van der Waals surface area contributed by atoms with Gasteiger partial charge in [0.2, 0.25) is 0 Å². The lowest BCUT2D eigenvalue weighted by Crippen LogP contribution is -2.31. The smallest absolute Gasteiger partial charge is 0.268 e. The van der Waals surface area contributed by atoms with Crippen LogP contribution in [0, 0.1) is 0 Å². The molecule has 0 radical (unpaired) electrons. The third-order valence-electron chi connectivity index (χ3n) is 2.02. The molecule has 0 aliphatic heterocycles. The Morgan fingerprint density at radius 1 is 1.40 bits per heavy atom. The van der Waals surface area contributed by atoms with Gasteiger partial charge in [-0.3, -0.25) is 4.79 Å². The number of amides is 1. The van der Waals surface area contributed by atoms with Crippen LogP contribution < -0.4 is 5.32 Å². The molecule has 0 unspecified atom stereocenters. The number of hydrogen-bond donors (Lipinski definition) is 1. The van der Waals surface area contributed by atoms with Crippen LogP contribution in [0.2, 0.25) is 0 Å². The SMILES string of the molecule is CC(C)NC(=O)c1cc(Br)cn1C(C)C. The van der Waals surface area contributed by atoms with Crippen LogP contribution in [0.25, 0.3) is 0 Å². The van der Waals surface area contributed by atoms with E-state index < -0.39 is 0 Å². The van der Waals surface area contributed by atoms with Gasteiger partial charge in [-0.05, 0) is 49.7 Å². The van der Waals surface area contributed by atoms with Gasteiger partial charge < -0.3 is 9.88 Å². The van der Waals surface area contributed by atoms with Crippen molar-refractivity contribution in [1.82, 2.24) is 9.88 Å². The maximum Gasteiger partial charge on any atom is 0.268 e. The van der Waals surface area contributed by atoms with Crippen LogP contribution in [-0.2, 0) is 0 Å². The molecule has 15 heavy (non-hydrogen) atoms. The molecular weight excluding hydrogens is 256 g/mol. The summed E-state index contributed by atoms with van der Waals surface area (Å²) < 4.78 is 2.90. The molecule has 1 heterocycles. The first-order chi connectivity index (χ1) is 6.91. The zero-order chi connectivity index (χ0) is 11.6. The van der Waals surface area contributed by atoms with Crippen LogP contribution in [0.15, 0.2) is 16.7 Å².